The normalized spacial score (nSPS) is 16.6. The number of para-hydroxylation sites is 2. The first kappa shape index (κ1) is 21.3. The van der Waals surface area contributed by atoms with Gasteiger partial charge in [-0.2, -0.15) is 0 Å². The number of hydrogen-bond donors (Lipinski definition) is 2. The molecule has 1 aromatic carbocycles. The van der Waals surface area contributed by atoms with Crippen molar-refractivity contribution in [3.8, 4) is 0 Å². The van der Waals surface area contributed by atoms with Crippen LogP contribution in [0, 0.1) is 10.1 Å². The fraction of sp³-hybridized carbons (Fsp3) is 0.429. The van der Waals surface area contributed by atoms with Gasteiger partial charge in [0.25, 0.3) is 11.6 Å². The summed E-state index contributed by atoms with van der Waals surface area (Å²) >= 11 is 1.46. The number of nitrogens with zero attached hydrogens (tertiary/aromatic N) is 3. The van der Waals surface area contributed by atoms with E-state index in [1.54, 1.807) is 18.2 Å². The van der Waals surface area contributed by atoms with Gasteiger partial charge in [-0.1, -0.05) is 12.1 Å². The number of thiophene rings is 1. The van der Waals surface area contributed by atoms with Crippen molar-refractivity contribution in [2.24, 2.45) is 5.73 Å². The van der Waals surface area contributed by atoms with Crippen molar-refractivity contribution in [3.05, 3.63) is 50.4 Å². The Balaban J connectivity index is 1.37. The maximum absolute atomic E-state index is 12.7. The van der Waals surface area contributed by atoms with Crippen LogP contribution in [0.4, 0.5) is 16.4 Å². The highest BCUT2D eigenvalue weighted by Crippen LogP contribution is 2.38. The lowest BCUT2D eigenvalue weighted by molar-refractivity contribution is -0.384. The Kier molecular flexibility index (Phi) is 6.19. The zero-order valence-corrected chi connectivity index (χ0v) is 18.0. The molecule has 9 nitrogen and oxygen atoms in total. The van der Waals surface area contributed by atoms with Crippen molar-refractivity contribution in [3.63, 3.8) is 0 Å². The molecule has 2 heterocycles. The molecule has 2 amide bonds. The summed E-state index contributed by atoms with van der Waals surface area (Å²) in [5.74, 6) is -0.673. The number of nitro groups is 1. The van der Waals surface area contributed by atoms with Crippen LogP contribution in [-0.2, 0) is 17.6 Å². The molecule has 0 spiro atoms. The predicted octanol–water partition coefficient (Wildman–Crippen LogP) is 2.39. The van der Waals surface area contributed by atoms with E-state index in [1.165, 1.54) is 17.4 Å². The third-order valence-corrected chi connectivity index (χ3v) is 7.04. The number of anilines is 2. The number of rotatable bonds is 6. The number of hydrogen-bond acceptors (Lipinski definition) is 7. The first-order valence-corrected chi connectivity index (χ1v) is 11.2. The largest absolute Gasteiger partial charge is 0.365 e. The van der Waals surface area contributed by atoms with Crippen LogP contribution in [0.15, 0.2) is 24.3 Å². The van der Waals surface area contributed by atoms with E-state index in [4.69, 9.17) is 5.73 Å². The van der Waals surface area contributed by atoms with Crippen LogP contribution in [0.1, 0.15) is 33.6 Å². The van der Waals surface area contributed by atoms with Gasteiger partial charge < -0.3 is 16.0 Å². The van der Waals surface area contributed by atoms with E-state index in [1.807, 2.05) is 9.80 Å². The van der Waals surface area contributed by atoms with E-state index in [0.29, 0.717) is 42.4 Å². The Morgan fingerprint density at radius 1 is 1.13 bits per heavy atom. The van der Waals surface area contributed by atoms with Gasteiger partial charge in [-0.05, 0) is 37.3 Å². The third kappa shape index (κ3) is 4.54. The van der Waals surface area contributed by atoms with Crippen LogP contribution in [0.2, 0.25) is 0 Å². The van der Waals surface area contributed by atoms with Crippen molar-refractivity contribution in [1.82, 2.24) is 4.90 Å². The SMILES string of the molecule is NC(=O)c1c(NC(=O)CN2CCN(c3ccccc3[N+](=O)[O-])CC2)sc2c1CCCC2. The van der Waals surface area contributed by atoms with E-state index in [-0.39, 0.29) is 23.1 Å². The Hall–Kier alpha value is -2.98. The summed E-state index contributed by atoms with van der Waals surface area (Å²) in [4.78, 5) is 40.7. The number of piperazine rings is 1. The molecule has 3 N–H and O–H groups in total. The highest BCUT2D eigenvalue weighted by molar-refractivity contribution is 7.17. The summed E-state index contributed by atoms with van der Waals surface area (Å²) in [5, 5.41) is 14.7. The highest BCUT2D eigenvalue weighted by atomic mass is 32.1. The molecule has 1 aliphatic heterocycles. The summed E-state index contributed by atoms with van der Waals surface area (Å²) in [6, 6.07) is 6.71. The fourth-order valence-corrected chi connectivity index (χ4v) is 5.63. The van der Waals surface area contributed by atoms with Gasteiger partial charge in [-0.15, -0.1) is 11.3 Å². The molecule has 31 heavy (non-hydrogen) atoms. The molecule has 1 fully saturated rings. The number of nitro benzene ring substituents is 1. The number of carbonyl (C=O) groups is 2. The minimum absolute atomic E-state index is 0.0920. The van der Waals surface area contributed by atoms with Gasteiger partial charge in [0.05, 0.1) is 17.0 Å². The lowest BCUT2D eigenvalue weighted by Gasteiger charge is -2.35. The second-order valence-electron chi connectivity index (χ2n) is 7.84. The van der Waals surface area contributed by atoms with Crippen molar-refractivity contribution in [1.29, 1.82) is 0 Å². The Morgan fingerprint density at radius 2 is 1.84 bits per heavy atom. The molecule has 2 aliphatic rings. The molecule has 0 bridgehead atoms. The van der Waals surface area contributed by atoms with Crippen molar-refractivity contribution in [2.75, 3.05) is 42.9 Å². The Morgan fingerprint density at radius 3 is 2.55 bits per heavy atom. The number of fused-ring (bicyclic) bond motifs is 1. The summed E-state index contributed by atoms with van der Waals surface area (Å²) < 4.78 is 0. The van der Waals surface area contributed by atoms with Gasteiger partial charge in [0, 0.05) is 37.1 Å². The molecule has 1 aliphatic carbocycles. The molecular formula is C21H25N5O4S. The standard InChI is InChI=1S/C21H25N5O4S/c22-20(28)19-14-5-1-4-8-17(14)31-21(19)23-18(27)13-24-9-11-25(12-10-24)15-6-2-3-7-16(15)26(29)30/h2-3,6-7H,1,4-5,8-13H2,(H2,22,28)(H,23,27). The summed E-state index contributed by atoms with van der Waals surface area (Å²) in [6.45, 7) is 2.62. The Bertz CT molecular complexity index is 1010. The molecule has 4 rings (SSSR count). The van der Waals surface area contributed by atoms with E-state index < -0.39 is 5.91 Å². The second kappa shape index (κ2) is 9.03. The lowest BCUT2D eigenvalue weighted by atomic mass is 9.95. The summed E-state index contributed by atoms with van der Waals surface area (Å²) in [7, 11) is 0. The number of nitrogens with one attached hydrogen (secondary N) is 1. The van der Waals surface area contributed by atoms with E-state index in [0.717, 1.165) is 36.1 Å². The van der Waals surface area contributed by atoms with Gasteiger partial charge in [0.1, 0.15) is 10.7 Å². The van der Waals surface area contributed by atoms with Gasteiger partial charge in [-0.3, -0.25) is 24.6 Å². The molecule has 1 saturated heterocycles. The van der Waals surface area contributed by atoms with Crippen LogP contribution >= 0.6 is 11.3 Å². The number of benzene rings is 1. The molecular weight excluding hydrogens is 418 g/mol. The number of primary amides is 1. The van der Waals surface area contributed by atoms with Crippen molar-refractivity contribution in [2.45, 2.75) is 25.7 Å². The quantitative estimate of drug-likeness (QED) is 0.522. The first-order valence-electron chi connectivity index (χ1n) is 10.4. The topological polar surface area (TPSA) is 122 Å². The maximum Gasteiger partial charge on any atom is 0.292 e. The smallest absolute Gasteiger partial charge is 0.292 e. The van der Waals surface area contributed by atoms with Gasteiger partial charge in [-0.25, -0.2) is 0 Å². The Labute approximate surface area is 184 Å². The molecule has 0 radical (unpaired) electrons. The lowest BCUT2D eigenvalue weighted by Crippen LogP contribution is -2.48. The number of carbonyl (C=O) groups excluding carboxylic acids is 2. The van der Waals surface area contributed by atoms with Crippen molar-refractivity contribution < 1.29 is 14.5 Å². The molecule has 0 atom stereocenters. The summed E-state index contributed by atoms with van der Waals surface area (Å²) in [5.41, 5.74) is 7.76. The molecule has 1 aromatic heterocycles. The molecule has 0 saturated carbocycles. The van der Waals surface area contributed by atoms with Crippen LogP contribution in [0.3, 0.4) is 0 Å². The van der Waals surface area contributed by atoms with E-state index >= 15 is 0 Å². The second-order valence-corrected chi connectivity index (χ2v) is 8.94. The zero-order chi connectivity index (χ0) is 22.0. The molecule has 2 aromatic rings. The fourth-order valence-electron chi connectivity index (χ4n) is 4.32. The highest BCUT2D eigenvalue weighted by Gasteiger charge is 2.27. The monoisotopic (exact) mass is 443 g/mol. The number of nitrogens with two attached hydrogens (primary N) is 1. The van der Waals surface area contributed by atoms with Crippen molar-refractivity contribution >= 4 is 39.5 Å². The first-order chi connectivity index (χ1) is 14.9. The van der Waals surface area contributed by atoms with E-state index in [9.17, 15) is 19.7 Å². The minimum Gasteiger partial charge on any atom is -0.365 e. The molecule has 164 valence electrons. The van der Waals surface area contributed by atoms with Crippen LogP contribution in [0.5, 0.6) is 0 Å². The average molecular weight is 444 g/mol. The average Bonchev–Trinajstić information content (AvgIpc) is 3.12. The van der Waals surface area contributed by atoms with Gasteiger partial charge in [0.15, 0.2) is 0 Å². The number of amides is 2. The van der Waals surface area contributed by atoms with Gasteiger partial charge >= 0.3 is 0 Å². The van der Waals surface area contributed by atoms with Crippen LogP contribution in [0.25, 0.3) is 0 Å². The maximum atomic E-state index is 12.7. The van der Waals surface area contributed by atoms with Crippen LogP contribution < -0.4 is 16.0 Å². The summed E-state index contributed by atoms with van der Waals surface area (Å²) in [6.07, 6.45) is 3.86. The minimum atomic E-state index is -0.493. The van der Waals surface area contributed by atoms with Crippen LogP contribution in [-0.4, -0.2) is 54.4 Å². The third-order valence-electron chi connectivity index (χ3n) is 5.83. The predicted molar refractivity (Wildman–Crippen MR) is 120 cm³/mol. The zero-order valence-electron chi connectivity index (χ0n) is 17.1. The van der Waals surface area contributed by atoms with Gasteiger partial charge in [0.2, 0.25) is 5.91 Å². The molecule has 0 unspecified atom stereocenters. The van der Waals surface area contributed by atoms with E-state index in [2.05, 4.69) is 5.32 Å². The number of aryl methyl sites for hydroxylation is 1. The molecule has 10 heteroatoms.